The molecule has 0 unspecified atom stereocenters. The Labute approximate surface area is 103 Å². The van der Waals surface area contributed by atoms with Crippen molar-refractivity contribution < 1.29 is 27.5 Å². The first-order chi connectivity index (χ1) is 8.91. The van der Waals surface area contributed by atoms with Crippen molar-refractivity contribution in [1.82, 2.24) is 0 Å². The van der Waals surface area contributed by atoms with Crippen molar-refractivity contribution in [2.75, 3.05) is 6.54 Å². The number of hydrogen-bond acceptors (Lipinski definition) is 2. The van der Waals surface area contributed by atoms with Crippen molar-refractivity contribution in [2.24, 2.45) is 5.11 Å². The number of benzene rings is 1. The van der Waals surface area contributed by atoms with Crippen molar-refractivity contribution >= 4 is 12.0 Å². The first-order valence-corrected chi connectivity index (χ1v) is 4.68. The SMILES string of the molecule is [N-]=[N+]=NCC=Cc1c(F)c(F)c(C(=O)O)c(F)c1F. The van der Waals surface area contributed by atoms with E-state index in [2.05, 4.69) is 10.0 Å². The Morgan fingerprint density at radius 3 is 2.16 bits per heavy atom. The average molecular weight is 275 g/mol. The Balaban J connectivity index is 3.40. The molecule has 9 heteroatoms. The molecule has 0 bridgehead atoms. The van der Waals surface area contributed by atoms with Crippen molar-refractivity contribution in [3.63, 3.8) is 0 Å². The summed E-state index contributed by atoms with van der Waals surface area (Å²) in [6.07, 6.45) is 1.61. The van der Waals surface area contributed by atoms with E-state index < -0.39 is 40.4 Å². The van der Waals surface area contributed by atoms with Crippen LogP contribution in [0.3, 0.4) is 0 Å². The zero-order valence-corrected chi connectivity index (χ0v) is 9.07. The Hall–Kier alpha value is -2.54. The first kappa shape index (κ1) is 14.5. The van der Waals surface area contributed by atoms with Crippen LogP contribution in [-0.4, -0.2) is 17.6 Å². The largest absolute Gasteiger partial charge is 0.477 e. The van der Waals surface area contributed by atoms with Gasteiger partial charge in [-0.05, 0) is 5.53 Å². The predicted octanol–water partition coefficient (Wildman–Crippen LogP) is 3.26. The monoisotopic (exact) mass is 275 g/mol. The minimum absolute atomic E-state index is 0.292. The van der Waals surface area contributed by atoms with Crippen LogP contribution in [0.2, 0.25) is 0 Å². The van der Waals surface area contributed by atoms with E-state index in [0.29, 0.717) is 6.08 Å². The summed E-state index contributed by atoms with van der Waals surface area (Å²) in [7, 11) is 0. The van der Waals surface area contributed by atoms with Crippen LogP contribution in [0.5, 0.6) is 0 Å². The van der Waals surface area contributed by atoms with Gasteiger partial charge in [-0.25, -0.2) is 22.4 Å². The van der Waals surface area contributed by atoms with Crippen LogP contribution >= 0.6 is 0 Å². The molecule has 0 aliphatic heterocycles. The minimum atomic E-state index is -2.13. The lowest BCUT2D eigenvalue weighted by molar-refractivity contribution is 0.0683. The second-order valence-electron chi connectivity index (χ2n) is 3.17. The second kappa shape index (κ2) is 5.87. The van der Waals surface area contributed by atoms with Gasteiger partial charge in [-0.2, -0.15) is 0 Å². The summed E-state index contributed by atoms with van der Waals surface area (Å²) in [6, 6.07) is 0. The summed E-state index contributed by atoms with van der Waals surface area (Å²) in [4.78, 5) is 12.8. The number of azide groups is 1. The lowest BCUT2D eigenvalue weighted by Crippen LogP contribution is -2.11. The second-order valence-corrected chi connectivity index (χ2v) is 3.17. The summed E-state index contributed by atoms with van der Waals surface area (Å²) in [5.41, 5.74) is 5.15. The third-order valence-electron chi connectivity index (χ3n) is 2.05. The van der Waals surface area contributed by atoms with Gasteiger partial charge in [0.1, 0.15) is 5.56 Å². The van der Waals surface area contributed by atoms with Gasteiger partial charge in [-0.15, -0.1) is 0 Å². The maximum absolute atomic E-state index is 13.4. The van der Waals surface area contributed by atoms with E-state index in [0.717, 1.165) is 6.08 Å². The highest BCUT2D eigenvalue weighted by molar-refractivity contribution is 5.88. The van der Waals surface area contributed by atoms with E-state index >= 15 is 0 Å². The zero-order valence-electron chi connectivity index (χ0n) is 9.07. The summed E-state index contributed by atoms with van der Waals surface area (Å²) < 4.78 is 53.2. The van der Waals surface area contributed by atoms with E-state index in [1.54, 1.807) is 0 Å². The quantitative estimate of drug-likeness (QED) is 0.300. The fraction of sp³-hybridized carbons (Fsp3) is 0.100. The average Bonchev–Trinajstić information content (AvgIpc) is 2.35. The number of nitrogens with zero attached hydrogens (tertiary/aromatic N) is 3. The number of rotatable bonds is 4. The van der Waals surface area contributed by atoms with E-state index in [1.165, 1.54) is 0 Å². The van der Waals surface area contributed by atoms with Gasteiger partial charge in [0.2, 0.25) is 0 Å². The molecule has 100 valence electrons. The number of hydrogen-bond donors (Lipinski definition) is 1. The third-order valence-corrected chi connectivity index (χ3v) is 2.05. The van der Waals surface area contributed by atoms with Crippen molar-refractivity contribution in [3.05, 3.63) is 50.9 Å². The summed E-state index contributed by atoms with van der Waals surface area (Å²) in [5, 5.41) is 11.4. The van der Waals surface area contributed by atoms with Gasteiger partial charge < -0.3 is 5.11 Å². The number of aromatic carboxylic acids is 1. The molecular weight excluding hydrogens is 270 g/mol. The van der Waals surface area contributed by atoms with Crippen LogP contribution < -0.4 is 0 Å². The standard InChI is InChI=1S/C10H5F4N3O2/c11-6-4(2-1-3-16-17-15)7(12)9(14)5(8(6)13)10(18)19/h1-2H,3H2,(H,18,19). The van der Waals surface area contributed by atoms with Crippen molar-refractivity contribution in [3.8, 4) is 0 Å². The van der Waals surface area contributed by atoms with Gasteiger partial charge in [0.15, 0.2) is 23.3 Å². The van der Waals surface area contributed by atoms with Crippen LogP contribution in [0.25, 0.3) is 16.5 Å². The fourth-order valence-electron chi connectivity index (χ4n) is 1.24. The van der Waals surface area contributed by atoms with Gasteiger partial charge in [-0.3, -0.25) is 0 Å². The van der Waals surface area contributed by atoms with Gasteiger partial charge >= 0.3 is 5.97 Å². The van der Waals surface area contributed by atoms with E-state index in [9.17, 15) is 22.4 Å². The molecule has 1 aromatic rings. The Morgan fingerprint density at radius 2 is 1.74 bits per heavy atom. The molecule has 0 spiro atoms. The highest BCUT2D eigenvalue weighted by atomic mass is 19.2. The molecule has 0 saturated heterocycles. The number of carbonyl (C=O) groups is 1. The van der Waals surface area contributed by atoms with Crippen LogP contribution in [0, 0.1) is 23.3 Å². The summed E-state index contributed by atoms with van der Waals surface area (Å²) in [6.45, 7) is -0.292. The maximum Gasteiger partial charge on any atom is 0.341 e. The van der Waals surface area contributed by atoms with Crippen LogP contribution in [0.4, 0.5) is 17.6 Å². The molecular formula is C10H5F4N3O2. The van der Waals surface area contributed by atoms with Gasteiger partial charge in [0, 0.05) is 11.5 Å². The van der Waals surface area contributed by atoms with Gasteiger partial charge in [0.25, 0.3) is 0 Å². The van der Waals surface area contributed by atoms with E-state index in [-0.39, 0.29) is 6.54 Å². The molecule has 1 aromatic carbocycles. The highest BCUT2D eigenvalue weighted by Gasteiger charge is 2.27. The Kier molecular flexibility index (Phi) is 4.49. The molecule has 0 radical (unpaired) electrons. The smallest absolute Gasteiger partial charge is 0.341 e. The molecule has 1 rings (SSSR count). The van der Waals surface area contributed by atoms with Crippen molar-refractivity contribution in [1.29, 1.82) is 0 Å². The third kappa shape index (κ3) is 2.83. The lowest BCUT2D eigenvalue weighted by atomic mass is 10.1. The number of carboxylic acid groups (broad SMARTS) is 1. The normalized spacial score (nSPS) is 10.5. The molecule has 0 heterocycles. The van der Waals surface area contributed by atoms with Crippen molar-refractivity contribution in [2.45, 2.75) is 0 Å². The topological polar surface area (TPSA) is 86.1 Å². The number of carboxylic acids is 1. The van der Waals surface area contributed by atoms with Crippen LogP contribution in [0.1, 0.15) is 15.9 Å². The molecule has 0 saturated carbocycles. The fourth-order valence-corrected chi connectivity index (χ4v) is 1.24. The maximum atomic E-state index is 13.4. The molecule has 0 fully saturated rings. The van der Waals surface area contributed by atoms with E-state index in [1.807, 2.05) is 0 Å². The van der Waals surface area contributed by atoms with Gasteiger partial charge in [-0.1, -0.05) is 17.3 Å². The number of halogens is 4. The Morgan fingerprint density at radius 1 is 1.21 bits per heavy atom. The van der Waals surface area contributed by atoms with Crippen LogP contribution in [0.15, 0.2) is 11.2 Å². The zero-order chi connectivity index (χ0) is 14.6. The molecule has 5 nitrogen and oxygen atoms in total. The highest BCUT2D eigenvalue weighted by Crippen LogP contribution is 2.25. The first-order valence-electron chi connectivity index (χ1n) is 4.68. The molecule has 0 aromatic heterocycles. The van der Waals surface area contributed by atoms with E-state index in [4.69, 9.17) is 10.6 Å². The molecule has 0 amide bonds. The predicted molar refractivity (Wildman–Crippen MR) is 56.3 cm³/mol. The minimum Gasteiger partial charge on any atom is -0.477 e. The van der Waals surface area contributed by atoms with Crippen LogP contribution in [-0.2, 0) is 0 Å². The van der Waals surface area contributed by atoms with Gasteiger partial charge in [0.05, 0.1) is 5.56 Å². The molecule has 19 heavy (non-hydrogen) atoms. The molecule has 1 N–H and O–H groups in total. The molecule has 0 atom stereocenters. The Bertz CT molecular complexity index is 580. The molecule has 0 aliphatic rings. The summed E-state index contributed by atoms with van der Waals surface area (Å²) in [5.74, 6) is -9.82. The summed E-state index contributed by atoms with van der Waals surface area (Å²) >= 11 is 0. The lowest BCUT2D eigenvalue weighted by Gasteiger charge is -2.06. The molecule has 0 aliphatic carbocycles.